The first kappa shape index (κ1) is 16.1. The molecule has 0 radical (unpaired) electrons. The van der Waals surface area contributed by atoms with E-state index in [9.17, 15) is 4.79 Å². The molecule has 7 heteroatoms. The van der Waals surface area contributed by atoms with E-state index >= 15 is 0 Å². The number of hydrogen-bond donors (Lipinski definition) is 0. The van der Waals surface area contributed by atoms with Crippen LogP contribution in [0.15, 0.2) is 21.7 Å². The minimum absolute atomic E-state index is 0.0446. The topological polar surface area (TPSA) is 32.8 Å². The van der Waals surface area contributed by atoms with Crippen LogP contribution in [0.2, 0.25) is 0 Å². The normalized spacial score (nSPS) is 22.0. The number of carbonyl (C=O) groups excluding carboxylic acids is 1. The molecule has 0 unspecified atom stereocenters. The van der Waals surface area contributed by atoms with Crippen molar-refractivity contribution in [3.63, 3.8) is 0 Å². The molecular formula is C15H18N2O2S3. The Morgan fingerprint density at radius 3 is 2.86 bits per heavy atom. The Morgan fingerprint density at radius 2 is 2.14 bits per heavy atom. The summed E-state index contributed by atoms with van der Waals surface area (Å²) in [5.41, 5.74) is 1.07. The van der Waals surface area contributed by atoms with E-state index in [1.807, 2.05) is 22.9 Å². The number of thioether (sulfide) groups is 1. The quantitative estimate of drug-likeness (QED) is 0.600. The van der Waals surface area contributed by atoms with Crippen molar-refractivity contribution in [3.8, 4) is 0 Å². The monoisotopic (exact) mass is 354 g/mol. The predicted molar refractivity (Wildman–Crippen MR) is 96.1 cm³/mol. The Kier molecular flexibility index (Phi) is 5.65. The van der Waals surface area contributed by atoms with Gasteiger partial charge in [-0.1, -0.05) is 24.0 Å². The summed E-state index contributed by atoms with van der Waals surface area (Å²) in [4.78, 5) is 17.3. The summed E-state index contributed by atoms with van der Waals surface area (Å²) in [6.45, 7) is 5.27. The number of nitrogens with zero attached hydrogens (tertiary/aromatic N) is 2. The van der Waals surface area contributed by atoms with Crippen LogP contribution in [0.25, 0.3) is 6.08 Å². The molecule has 2 aliphatic rings. The molecule has 2 saturated heterocycles. The fourth-order valence-electron chi connectivity index (χ4n) is 2.48. The summed E-state index contributed by atoms with van der Waals surface area (Å²) in [7, 11) is 0. The Labute approximate surface area is 144 Å². The van der Waals surface area contributed by atoms with Gasteiger partial charge in [0, 0.05) is 26.2 Å². The van der Waals surface area contributed by atoms with Crippen LogP contribution < -0.4 is 0 Å². The fraction of sp³-hybridized carbons (Fsp3) is 0.467. The maximum Gasteiger partial charge on any atom is 0.266 e. The Hall–Kier alpha value is -0.730. The van der Waals surface area contributed by atoms with Crippen molar-refractivity contribution in [2.24, 2.45) is 0 Å². The third kappa shape index (κ3) is 3.97. The van der Waals surface area contributed by atoms with Gasteiger partial charge in [0.15, 0.2) is 0 Å². The smallest absolute Gasteiger partial charge is 0.266 e. The van der Waals surface area contributed by atoms with E-state index in [4.69, 9.17) is 17.0 Å². The minimum atomic E-state index is 0.0446. The molecule has 118 valence electrons. The van der Waals surface area contributed by atoms with Gasteiger partial charge in [-0.3, -0.25) is 14.6 Å². The number of hydrogen-bond acceptors (Lipinski definition) is 6. The molecule has 0 spiro atoms. The average Bonchev–Trinajstić information content (AvgIpc) is 3.12. The molecule has 2 aliphatic heterocycles. The number of ether oxygens (including phenoxy) is 1. The second-order valence-corrected chi connectivity index (χ2v) is 7.65. The lowest BCUT2D eigenvalue weighted by Gasteiger charge is -2.27. The molecule has 0 saturated carbocycles. The third-order valence-corrected chi connectivity index (χ3v) is 5.75. The molecule has 1 aromatic heterocycles. The van der Waals surface area contributed by atoms with Crippen molar-refractivity contribution in [1.29, 1.82) is 0 Å². The maximum atomic E-state index is 12.4. The third-order valence-electron chi connectivity index (χ3n) is 3.67. The van der Waals surface area contributed by atoms with Crippen molar-refractivity contribution in [2.75, 3.05) is 39.4 Å². The lowest BCUT2D eigenvalue weighted by molar-refractivity contribution is -0.122. The average molecular weight is 355 g/mol. The molecule has 3 heterocycles. The van der Waals surface area contributed by atoms with E-state index in [1.165, 1.54) is 11.8 Å². The Bertz CT molecular complexity index is 565. The van der Waals surface area contributed by atoms with Gasteiger partial charge in [0.25, 0.3) is 5.91 Å². The van der Waals surface area contributed by atoms with Crippen LogP contribution in [0, 0.1) is 0 Å². The number of carbonyl (C=O) groups is 1. The van der Waals surface area contributed by atoms with Crippen LogP contribution in [0.3, 0.4) is 0 Å². The molecule has 0 aromatic carbocycles. The van der Waals surface area contributed by atoms with E-state index in [1.54, 1.807) is 16.2 Å². The fourth-order valence-corrected chi connectivity index (χ4v) is 4.41. The van der Waals surface area contributed by atoms with Gasteiger partial charge in [0.2, 0.25) is 0 Å². The zero-order chi connectivity index (χ0) is 15.4. The molecule has 0 bridgehead atoms. The first-order valence-electron chi connectivity index (χ1n) is 7.32. The van der Waals surface area contributed by atoms with Gasteiger partial charge in [-0.15, -0.1) is 0 Å². The van der Waals surface area contributed by atoms with Gasteiger partial charge in [0.1, 0.15) is 4.32 Å². The van der Waals surface area contributed by atoms with Crippen LogP contribution in [0.1, 0.15) is 12.0 Å². The number of rotatable bonds is 5. The first-order chi connectivity index (χ1) is 10.7. The minimum Gasteiger partial charge on any atom is -0.379 e. The van der Waals surface area contributed by atoms with Crippen molar-refractivity contribution in [1.82, 2.24) is 9.80 Å². The Balaban J connectivity index is 1.53. The molecule has 1 aromatic rings. The van der Waals surface area contributed by atoms with Gasteiger partial charge < -0.3 is 4.74 Å². The SMILES string of the molecule is O=C1/C(=C\c2ccsc2)SC(=S)N1CCCN1CCOCC1. The molecule has 0 N–H and O–H groups in total. The molecule has 2 fully saturated rings. The van der Waals surface area contributed by atoms with Gasteiger partial charge >= 0.3 is 0 Å². The van der Waals surface area contributed by atoms with Crippen LogP contribution in [0.4, 0.5) is 0 Å². The largest absolute Gasteiger partial charge is 0.379 e. The van der Waals surface area contributed by atoms with Gasteiger partial charge in [0.05, 0.1) is 18.1 Å². The molecule has 22 heavy (non-hydrogen) atoms. The highest BCUT2D eigenvalue weighted by Crippen LogP contribution is 2.32. The maximum absolute atomic E-state index is 12.4. The highest BCUT2D eigenvalue weighted by molar-refractivity contribution is 8.26. The number of thiocarbonyl (C=S) groups is 1. The zero-order valence-electron chi connectivity index (χ0n) is 12.2. The summed E-state index contributed by atoms with van der Waals surface area (Å²) in [5.74, 6) is 0.0446. The van der Waals surface area contributed by atoms with Gasteiger partial charge in [-0.25, -0.2) is 0 Å². The predicted octanol–water partition coefficient (Wildman–Crippen LogP) is 2.67. The molecule has 0 atom stereocenters. The van der Waals surface area contributed by atoms with E-state index < -0.39 is 0 Å². The van der Waals surface area contributed by atoms with E-state index in [0.717, 1.165) is 49.7 Å². The number of thiophene rings is 1. The summed E-state index contributed by atoms with van der Waals surface area (Å²) >= 11 is 8.39. The molecule has 1 amide bonds. The van der Waals surface area contributed by atoms with Crippen LogP contribution >= 0.6 is 35.3 Å². The second kappa shape index (κ2) is 7.70. The lowest BCUT2D eigenvalue weighted by Crippen LogP contribution is -2.38. The second-order valence-electron chi connectivity index (χ2n) is 5.20. The van der Waals surface area contributed by atoms with E-state index in [0.29, 0.717) is 10.9 Å². The molecule has 4 nitrogen and oxygen atoms in total. The number of morpholine rings is 1. The molecule has 0 aliphatic carbocycles. The standard InChI is InChI=1S/C15H18N2O2S3/c18-14-13(10-12-2-9-21-11-12)22-15(20)17(14)4-1-3-16-5-7-19-8-6-16/h2,9-11H,1,3-8H2/b13-10+. The van der Waals surface area contributed by atoms with Gasteiger partial charge in [-0.2, -0.15) is 11.3 Å². The Morgan fingerprint density at radius 1 is 1.32 bits per heavy atom. The zero-order valence-corrected chi connectivity index (χ0v) is 14.6. The molecule has 3 rings (SSSR count). The summed E-state index contributed by atoms with van der Waals surface area (Å²) in [6, 6.07) is 2.01. The van der Waals surface area contributed by atoms with Crippen molar-refractivity contribution < 1.29 is 9.53 Å². The lowest BCUT2D eigenvalue weighted by atomic mass is 10.3. The first-order valence-corrected chi connectivity index (χ1v) is 9.48. The molecular weight excluding hydrogens is 336 g/mol. The van der Waals surface area contributed by atoms with Crippen LogP contribution in [-0.4, -0.2) is 59.4 Å². The van der Waals surface area contributed by atoms with Gasteiger partial charge in [-0.05, 0) is 34.9 Å². The van der Waals surface area contributed by atoms with Crippen molar-refractivity contribution in [2.45, 2.75) is 6.42 Å². The highest BCUT2D eigenvalue weighted by atomic mass is 32.2. The van der Waals surface area contributed by atoms with Crippen LogP contribution in [0.5, 0.6) is 0 Å². The van der Waals surface area contributed by atoms with Crippen LogP contribution in [-0.2, 0) is 9.53 Å². The summed E-state index contributed by atoms with van der Waals surface area (Å²) in [5, 5.41) is 4.04. The van der Waals surface area contributed by atoms with E-state index in [2.05, 4.69) is 4.90 Å². The van der Waals surface area contributed by atoms with Crippen molar-refractivity contribution in [3.05, 3.63) is 27.3 Å². The van der Waals surface area contributed by atoms with E-state index in [-0.39, 0.29) is 5.91 Å². The summed E-state index contributed by atoms with van der Waals surface area (Å²) < 4.78 is 6.02. The highest BCUT2D eigenvalue weighted by Gasteiger charge is 2.31. The van der Waals surface area contributed by atoms with Crippen molar-refractivity contribution >= 4 is 51.6 Å². The summed E-state index contributed by atoms with van der Waals surface area (Å²) in [6.07, 6.45) is 2.87. The number of amides is 1.